The topological polar surface area (TPSA) is 94.8 Å². The van der Waals surface area contributed by atoms with Gasteiger partial charge in [0.15, 0.2) is 0 Å². The summed E-state index contributed by atoms with van der Waals surface area (Å²) in [6.45, 7) is 5.02. The minimum atomic E-state index is -0.781. The van der Waals surface area contributed by atoms with Crippen molar-refractivity contribution in [2.75, 3.05) is 18.5 Å². The number of amides is 1. The highest BCUT2D eigenvalue weighted by Gasteiger charge is 2.31. The van der Waals surface area contributed by atoms with Crippen molar-refractivity contribution in [1.29, 1.82) is 0 Å². The zero-order chi connectivity index (χ0) is 19.3. The molecule has 0 saturated heterocycles. The number of esters is 2. The van der Waals surface area contributed by atoms with E-state index in [1.165, 1.54) is 6.92 Å². The summed E-state index contributed by atoms with van der Waals surface area (Å²) in [5.41, 5.74) is 0.127. The molecule has 1 N–H and O–H groups in total. The summed E-state index contributed by atoms with van der Waals surface area (Å²) in [6.07, 6.45) is 0. The summed E-state index contributed by atoms with van der Waals surface area (Å²) in [5, 5.41) is 2.52. The number of carbonyl (C=O) groups is 3. The average molecular weight is 424 g/mol. The van der Waals surface area contributed by atoms with Crippen molar-refractivity contribution in [3.63, 3.8) is 0 Å². The zero-order valence-corrected chi connectivity index (χ0v) is 16.1. The third-order valence-electron chi connectivity index (χ3n) is 3.36. The van der Waals surface area contributed by atoms with Crippen molar-refractivity contribution in [2.45, 2.75) is 20.8 Å². The molecular formula is C18H18BrNO6. The first-order valence-electron chi connectivity index (χ1n) is 7.93. The van der Waals surface area contributed by atoms with Crippen LogP contribution in [-0.4, -0.2) is 31.1 Å². The van der Waals surface area contributed by atoms with E-state index in [0.717, 1.165) is 4.47 Å². The molecule has 0 unspecified atom stereocenters. The van der Waals surface area contributed by atoms with Crippen molar-refractivity contribution in [3.8, 4) is 0 Å². The highest BCUT2D eigenvalue weighted by Crippen LogP contribution is 2.29. The van der Waals surface area contributed by atoms with Crippen LogP contribution in [0.1, 0.15) is 50.7 Å². The number of furan rings is 1. The molecule has 0 saturated carbocycles. The highest BCUT2D eigenvalue weighted by molar-refractivity contribution is 9.10. The lowest BCUT2D eigenvalue weighted by molar-refractivity contribution is 0.0480. The minimum absolute atomic E-state index is 0.0603. The fraction of sp³-hybridized carbons (Fsp3) is 0.278. The number of hydrogen-bond acceptors (Lipinski definition) is 6. The van der Waals surface area contributed by atoms with Crippen LogP contribution in [0.3, 0.4) is 0 Å². The van der Waals surface area contributed by atoms with Crippen LogP contribution < -0.4 is 5.32 Å². The van der Waals surface area contributed by atoms with Crippen LogP contribution in [0.5, 0.6) is 0 Å². The van der Waals surface area contributed by atoms with E-state index in [1.807, 2.05) is 0 Å². The van der Waals surface area contributed by atoms with Gasteiger partial charge < -0.3 is 13.9 Å². The number of hydrogen-bond donors (Lipinski definition) is 1. The van der Waals surface area contributed by atoms with Crippen molar-refractivity contribution in [2.24, 2.45) is 0 Å². The van der Waals surface area contributed by atoms with Gasteiger partial charge >= 0.3 is 11.9 Å². The standard InChI is InChI=1S/C18H18BrNO6/c1-4-24-17(22)13-10(3)26-16(14(13)18(23)25-5-2)20-15(21)11-7-6-8-12(19)9-11/h6-9H,4-5H2,1-3H3,(H,20,21). The molecule has 1 aromatic heterocycles. The van der Waals surface area contributed by atoms with Gasteiger partial charge in [-0.2, -0.15) is 0 Å². The molecule has 8 heteroatoms. The molecule has 0 fully saturated rings. The van der Waals surface area contributed by atoms with Crippen LogP contribution in [0.15, 0.2) is 33.2 Å². The second-order valence-electron chi connectivity index (χ2n) is 5.14. The van der Waals surface area contributed by atoms with Gasteiger partial charge in [-0.25, -0.2) is 9.59 Å². The molecule has 0 aliphatic carbocycles. The summed E-state index contributed by atoms with van der Waals surface area (Å²) >= 11 is 3.29. The molecule has 1 aromatic carbocycles. The lowest BCUT2D eigenvalue weighted by Crippen LogP contribution is -2.17. The van der Waals surface area contributed by atoms with Gasteiger partial charge in [0.05, 0.1) is 13.2 Å². The number of aryl methyl sites for hydroxylation is 1. The first kappa shape index (κ1) is 19.7. The molecule has 0 atom stereocenters. The molecule has 0 spiro atoms. The number of benzene rings is 1. The Labute approximate surface area is 158 Å². The van der Waals surface area contributed by atoms with Gasteiger partial charge in [0, 0.05) is 10.0 Å². The lowest BCUT2D eigenvalue weighted by atomic mass is 10.1. The Hall–Kier alpha value is -2.61. The second kappa shape index (κ2) is 8.66. The highest BCUT2D eigenvalue weighted by atomic mass is 79.9. The van der Waals surface area contributed by atoms with Crippen molar-refractivity contribution >= 4 is 39.7 Å². The van der Waals surface area contributed by atoms with Crippen LogP contribution >= 0.6 is 15.9 Å². The molecule has 0 aliphatic heterocycles. The van der Waals surface area contributed by atoms with Gasteiger partial charge in [-0.05, 0) is 39.0 Å². The van der Waals surface area contributed by atoms with Gasteiger partial charge in [-0.3, -0.25) is 10.1 Å². The molecule has 2 rings (SSSR count). The normalized spacial score (nSPS) is 10.3. The summed E-state index contributed by atoms with van der Waals surface area (Å²) in [7, 11) is 0. The summed E-state index contributed by atoms with van der Waals surface area (Å²) in [6, 6.07) is 6.69. The van der Waals surface area contributed by atoms with E-state index in [-0.39, 0.29) is 36.0 Å². The molecule has 26 heavy (non-hydrogen) atoms. The maximum absolute atomic E-state index is 12.5. The van der Waals surface area contributed by atoms with Gasteiger partial charge in [0.25, 0.3) is 5.91 Å². The van der Waals surface area contributed by atoms with Gasteiger partial charge in [-0.1, -0.05) is 22.0 Å². The third-order valence-corrected chi connectivity index (χ3v) is 3.85. The van der Waals surface area contributed by atoms with Crippen molar-refractivity contribution < 1.29 is 28.3 Å². The Balaban J connectivity index is 2.44. The molecular weight excluding hydrogens is 406 g/mol. The monoisotopic (exact) mass is 423 g/mol. The van der Waals surface area contributed by atoms with Gasteiger partial charge in [0.2, 0.25) is 5.88 Å². The number of carbonyl (C=O) groups excluding carboxylic acids is 3. The van der Waals surface area contributed by atoms with E-state index in [9.17, 15) is 14.4 Å². The first-order chi connectivity index (χ1) is 12.4. The van der Waals surface area contributed by atoms with Crippen LogP contribution in [0.4, 0.5) is 5.88 Å². The molecule has 138 valence electrons. The molecule has 7 nitrogen and oxygen atoms in total. The molecule has 1 amide bonds. The zero-order valence-electron chi connectivity index (χ0n) is 14.6. The largest absolute Gasteiger partial charge is 0.462 e. The van der Waals surface area contributed by atoms with Crippen molar-refractivity contribution in [3.05, 3.63) is 51.2 Å². The maximum atomic E-state index is 12.5. The Morgan fingerprint density at radius 1 is 1.08 bits per heavy atom. The average Bonchev–Trinajstić information content (AvgIpc) is 2.91. The maximum Gasteiger partial charge on any atom is 0.344 e. The molecule has 1 heterocycles. The van der Waals surface area contributed by atoms with E-state index >= 15 is 0 Å². The predicted octanol–water partition coefficient (Wildman–Crippen LogP) is 3.96. The minimum Gasteiger partial charge on any atom is -0.462 e. The number of ether oxygens (including phenoxy) is 2. The number of halogens is 1. The van der Waals surface area contributed by atoms with Crippen molar-refractivity contribution in [1.82, 2.24) is 0 Å². The number of nitrogens with one attached hydrogen (secondary N) is 1. The Morgan fingerprint density at radius 3 is 2.27 bits per heavy atom. The van der Waals surface area contributed by atoms with Crippen LogP contribution in [-0.2, 0) is 9.47 Å². The van der Waals surface area contributed by atoms with Gasteiger partial charge in [0.1, 0.15) is 16.9 Å². The predicted molar refractivity (Wildman–Crippen MR) is 97.5 cm³/mol. The number of rotatable bonds is 6. The Kier molecular flexibility index (Phi) is 6.57. The molecule has 0 bridgehead atoms. The molecule has 0 radical (unpaired) electrons. The fourth-order valence-electron chi connectivity index (χ4n) is 2.28. The number of anilines is 1. The van der Waals surface area contributed by atoms with Crippen LogP contribution in [0, 0.1) is 6.92 Å². The first-order valence-corrected chi connectivity index (χ1v) is 8.72. The summed E-state index contributed by atoms with van der Waals surface area (Å²) in [5.74, 6) is -2.01. The van der Waals surface area contributed by atoms with E-state index < -0.39 is 17.8 Å². The Morgan fingerprint density at radius 2 is 1.69 bits per heavy atom. The van der Waals surface area contributed by atoms with Crippen LogP contribution in [0.2, 0.25) is 0 Å². The summed E-state index contributed by atoms with van der Waals surface area (Å²) < 4.78 is 16.1. The third kappa shape index (κ3) is 4.32. The van der Waals surface area contributed by atoms with E-state index in [1.54, 1.807) is 38.1 Å². The van der Waals surface area contributed by atoms with Gasteiger partial charge in [-0.15, -0.1) is 0 Å². The fourth-order valence-corrected chi connectivity index (χ4v) is 2.68. The van der Waals surface area contributed by atoms with E-state index in [2.05, 4.69) is 21.2 Å². The SMILES string of the molecule is CCOC(=O)c1c(C)oc(NC(=O)c2cccc(Br)c2)c1C(=O)OCC. The lowest BCUT2D eigenvalue weighted by Gasteiger charge is -2.07. The summed E-state index contributed by atoms with van der Waals surface area (Å²) in [4.78, 5) is 37.0. The molecule has 0 aliphatic rings. The smallest absolute Gasteiger partial charge is 0.344 e. The van der Waals surface area contributed by atoms with E-state index in [4.69, 9.17) is 13.9 Å². The van der Waals surface area contributed by atoms with E-state index in [0.29, 0.717) is 5.56 Å². The second-order valence-corrected chi connectivity index (χ2v) is 6.06. The molecule has 2 aromatic rings. The quantitative estimate of drug-likeness (QED) is 0.706. The van der Waals surface area contributed by atoms with Crippen LogP contribution in [0.25, 0.3) is 0 Å². The Bertz CT molecular complexity index is 842.